The molecule has 0 rings (SSSR count). The van der Waals surface area contributed by atoms with Crippen molar-refractivity contribution in [1.82, 2.24) is 9.80 Å². The summed E-state index contributed by atoms with van der Waals surface area (Å²) in [6.07, 6.45) is -5.12. The lowest BCUT2D eigenvalue weighted by molar-refractivity contribution is -0.145. The molecule has 0 aromatic heterocycles. The number of alkyl halides is 3. The maximum atomic E-state index is 12.2. The van der Waals surface area contributed by atoms with Gasteiger partial charge in [-0.3, -0.25) is 4.79 Å². The van der Waals surface area contributed by atoms with Crippen LogP contribution in [0.1, 0.15) is 26.7 Å². The van der Waals surface area contributed by atoms with Gasteiger partial charge in [-0.15, -0.1) is 12.4 Å². The van der Waals surface area contributed by atoms with Crippen LogP contribution in [0.4, 0.5) is 13.2 Å². The van der Waals surface area contributed by atoms with Crippen LogP contribution in [-0.2, 0) is 4.79 Å². The molecule has 1 amide bonds. The number of amides is 1. The number of nitrogens with two attached hydrogens (primary N) is 1. The van der Waals surface area contributed by atoms with Gasteiger partial charge in [0, 0.05) is 32.6 Å². The molecule has 0 aromatic rings. The molecule has 0 heterocycles. The molecule has 0 aliphatic rings. The summed E-state index contributed by atoms with van der Waals surface area (Å²) in [6, 6.07) is 0. The van der Waals surface area contributed by atoms with Crippen LogP contribution in [0.5, 0.6) is 0 Å². The van der Waals surface area contributed by atoms with Crippen LogP contribution < -0.4 is 5.73 Å². The van der Waals surface area contributed by atoms with E-state index in [4.69, 9.17) is 5.73 Å². The van der Waals surface area contributed by atoms with Crippen LogP contribution in [0.25, 0.3) is 0 Å². The highest BCUT2D eigenvalue weighted by Gasteiger charge is 2.28. The predicted molar refractivity (Wildman–Crippen MR) is 76.0 cm³/mol. The van der Waals surface area contributed by atoms with Gasteiger partial charge < -0.3 is 15.5 Å². The number of nitrogens with zero attached hydrogens (tertiary/aromatic N) is 2. The summed E-state index contributed by atoms with van der Waals surface area (Å²) in [5.74, 6) is -0.307. The molecule has 0 bridgehead atoms. The highest BCUT2D eigenvalue weighted by Crippen LogP contribution is 2.19. The average Bonchev–Trinajstić information content (AvgIpc) is 2.32. The summed E-state index contributed by atoms with van der Waals surface area (Å²) in [6.45, 7) is 6.36. The lowest BCUT2D eigenvalue weighted by Crippen LogP contribution is -2.40. The first-order chi connectivity index (χ1) is 8.84. The van der Waals surface area contributed by atoms with Gasteiger partial charge in [-0.1, -0.05) is 13.8 Å². The van der Waals surface area contributed by atoms with E-state index < -0.39 is 12.6 Å². The molecule has 122 valence electrons. The molecule has 20 heavy (non-hydrogen) atoms. The van der Waals surface area contributed by atoms with Gasteiger partial charge in [-0.2, -0.15) is 13.2 Å². The lowest BCUT2D eigenvalue weighted by atomic mass is 10.3. The number of halogens is 4. The fourth-order valence-corrected chi connectivity index (χ4v) is 1.71. The zero-order valence-corrected chi connectivity index (χ0v) is 12.9. The van der Waals surface area contributed by atoms with Gasteiger partial charge in [0.2, 0.25) is 5.91 Å². The Balaban J connectivity index is 0. The van der Waals surface area contributed by atoms with E-state index in [1.807, 2.05) is 13.8 Å². The van der Waals surface area contributed by atoms with E-state index >= 15 is 0 Å². The lowest BCUT2D eigenvalue weighted by Gasteiger charge is -2.27. The minimum atomic E-state index is -4.24. The maximum absolute atomic E-state index is 12.2. The van der Waals surface area contributed by atoms with Gasteiger partial charge >= 0.3 is 6.18 Å². The summed E-state index contributed by atoms with van der Waals surface area (Å²) in [4.78, 5) is 15.0. The third kappa shape index (κ3) is 10.3. The SMILES string of the molecule is CCN(CC)CCN(CCC(F)(F)F)C(=O)CCN.Cl. The standard InChI is InChI=1S/C12H24F3N3O.ClH/c1-3-17(4-2)9-10-18(11(19)5-7-16)8-6-12(13,14)15;/h3-10,16H2,1-2H3;1H. The molecule has 0 saturated heterocycles. The smallest absolute Gasteiger partial charge is 0.341 e. The van der Waals surface area contributed by atoms with Crippen molar-refractivity contribution in [3.05, 3.63) is 0 Å². The summed E-state index contributed by atoms with van der Waals surface area (Å²) in [7, 11) is 0. The molecule has 8 heteroatoms. The van der Waals surface area contributed by atoms with Crippen LogP contribution >= 0.6 is 12.4 Å². The molecule has 0 aliphatic heterocycles. The number of carbonyl (C=O) groups is 1. The molecular formula is C12H25ClF3N3O. The number of carbonyl (C=O) groups excluding carboxylic acids is 1. The minimum absolute atomic E-state index is 0. The van der Waals surface area contributed by atoms with Gasteiger partial charge in [0.1, 0.15) is 0 Å². The van der Waals surface area contributed by atoms with Gasteiger partial charge in [-0.25, -0.2) is 0 Å². The summed E-state index contributed by atoms with van der Waals surface area (Å²) in [5.41, 5.74) is 5.28. The Labute approximate surface area is 124 Å². The van der Waals surface area contributed by atoms with Gasteiger partial charge in [-0.05, 0) is 13.1 Å². The highest BCUT2D eigenvalue weighted by atomic mass is 35.5. The Morgan fingerprint density at radius 3 is 2.05 bits per heavy atom. The Morgan fingerprint density at radius 1 is 1.10 bits per heavy atom. The molecule has 4 nitrogen and oxygen atoms in total. The van der Waals surface area contributed by atoms with Crippen molar-refractivity contribution in [2.24, 2.45) is 5.73 Å². The molecule has 0 fully saturated rings. The average molecular weight is 320 g/mol. The quantitative estimate of drug-likeness (QED) is 0.706. The summed E-state index contributed by atoms with van der Waals surface area (Å²) >= 11 is 0. The zero-order chi connectivity index (χ0) is 14.9. The Bertz CT molecular complexity index is 261. The first-order valence-electron chi connectivity index (χ1n) is 6.61. The van der Waals surface area contributed by atoms with Crippen LogP contribution in [0.15, 0.2) is 0 Å². The molecule has 0 spiro atoms. The van der Waals surface area contributed by atoms with Crippen molar-refractivity contribution in [3.63, 3.8) is 0 Å². The van der Waals surface area contributed by atoms with Gasteiger partial charge in [0.15, 0.2) is 0 Å². The zero-order valence-electron chi connectivity index (χ0n) is 12.1. The molecule has 0 unspecified atom stereocenters. The van der Waals surface area contributed by atoms with E-state index in [0.717, 1.165) is 13.1 Å². The fourth-order valence-electron chi connectivity index (χ4n) is 1.71. The topological polar surface area (TPSA) is 49.6 Å². The predicted octanol–water partition coefficient (Wildman–Crippen LogP) is 1.88. The van der Waals surface area contributed by atoms with Crippen LogP contribution in [0.2, 0.25) is 0 Å². The van der Waals surface area contributed by atoms with E-state index in [0.29, 0.717) is 13.1 Å². The molecule has 0 radical (unpaired) electrons. The normalized spacial score (nSPS) is 11.3. The van der Waals surface area contributed by atoms with Crippen molar-refractivity contribution in [2.75, 3.05) is 39.3 Å². The Hall–Kier alpha value is -0.530. The highest BCUT2D eigenvalue weighted by molar-refractivity contribution is 5.85. The van der Waals surface area contributed by atoms with Crippen molar-refractivity contribution < 1.29 is 18.0 Å². The number of hydrogen-bond donors (Lipinski definition) is 1. The van der Waals surface area contributed by atoms with E-state index in [1.165, 1.54) is 4.90 Å². The van der Waals surface area contributed by atoms with Crippen LogP contribution in [0, 0.1) is 0 Å². The molecule has 0 aromatic carbocycles. The first-order valence-corrected chi connectivity index (χ1v) is 6.61. The van der Waals surface area contributed by atoms with Crippen molar-refractivity contribution in [1.29, 1.82) is 0 Å². The van der Waals surface area contributed by atoms with E-state index in [9.17, 15) is 18.0 Å². The van der Waals surface area contributed by atoms with Gasteiger partial charge in [0.25, 0.3) is 0 Å². The largest absolute Gasteiger partial charge is 0.390 e. The number of likely N-dealkylation sites (N-methyl/N-ethyl adjacent to an activating group) is 1. The fraction of sp³-hybridized carbons (Fsp3) is 0.917. The third-order valence-electron chi connectivity index (χ3n) is 2.96. The van der Waals surface area contributed by atoms with Crippen LogP contribution in [-0.4, -0.2) is 61.2 Å². The summed E-state index contributed by atoms with van der Waals surface area (Å²) in [5, 5.41) is 0. The van der Waals surface area contributed by atoms with Gasteiger partial charge in [0.05, 0.1) is 6.42 Å². The Morgan fingerprint density at radius 2 is 1.65 bits per heavy atom. The minimum Gasteiger partial charge on any atom is -0.341 e. The molecular weight excluding hydrogens is 295 g/mol. The molecule has 0 aliphatic carbocycles. The van der Waals surface area contributed by atoms with E-state index in [1.54, 1.807) is 0 Å². The second-order valence-corrected chi connectivity index (χ2v) is 4.31. The first kappa shape index (κ1) is 21.8. The molecule has 0 atom stereocenters. The third-order valence-corrected chi connectivity index (χ3v) is 2.96. The molecule has 2 N–H and O–H groups in total. The van der Waals surface area contributed by atoms with E-state index in [-0.39, 0.29) is 37.8 Å². The van der Waals surface area contributed by atoms with Crippen LogP contribution in [0.3, 0.4) is 0 Å². The maximum Gasteiger partial charge on any atom is 0.390 e. The second-order valence-electron chi connectivity index (χ2n) is 4.31. The Kier molecular flexibility index (Phi) is 12.1. The molecule has 0 saturated carbocycles. The summed E-state index contributed by atoms with van der Waals surface area (Å²) < 4.78 is 36.7. The van der Waals surface area contributed by atoms with E-state index in [2.05, 4.69) is 4.90 Å². The number of hydrogen-bond acceptors (Lipinski definition) is 3. The number of rotatable bonds is 9. The second kappa shape index (κ2) is 11.2. The van der Waals surface area contributed by atoms with Crippen molar-refractivity contribution in [3.8, 4) is 0 Å². The monoisotopic (exact) mass is 319 g/mol. The van der Waals surface area contributed by atoms with Crippen molar-refractivity contribution >= 4 is 18.3 Å². The van der Waals surface area contributed by atoms with Crippen molar-refractivity contribution in [2.45, 2.75) is 32.9 Å².